The smallest absolute Gasteiger partial charge is 0.340 e. The van der Waals surface area contributed by atoms with Crippen molar-refractivity contribution in [2.24, 2.45) is 11.7 Å². The number of nitrogens with two attached hydrogens (primary N) is 2. The fourth-order valence-electron chi connectivity index (χ4n) is 1.70. The summed E-state index contributed by atoms with van der Waals surface area (Å²) in [7, 11) is 1.28. The molecule has 0 spiro atoms. The van der Waals surface area contributed by atoms with Crippen molar-refractivity contribution >= 4 is 23.3 Å². The molecule has 0 saturated heterocycles. The Kier molecular flexibility index (Phi) is 4.74. The minimum absolute atomic E-state index is 0.0134. The highest BCUT2D eigenvalue weighted by Gasteiger charge is 2.22. The highest BCUT2D eigenvalue weighted by atomic mass is 16.5. The molecule has 5 N–H and O–H groups in total. The number of hydrogen-bond acceptors (Lipinski definition) is 5. The molecule has 1 aromatic carbocycles. The van der Waals surface area contributed by atoms with Gasteiger partial charge < -0.3 is 21.5 Å². The molecule has 6 nitrogen and oxygen atoms in total. The average molecular weight is 265 g/mol. The monoisotopic (exact) mass is 265 g/mol. The molecule has 1 atom stereocenters. The Bertz CT molecular complexity index is 486. The molecule has 0 fully saturated rings. The fraction of sp³-hybridized carbons (Fsp3) is 0.385. The Morgan fingerprint density at radius 3 is 2.42 bits per heavy atom. The number of rotatable bonds is 5. The lowest BCUT2D eigenvalue weighted by molar-refractivity contribution is -0.119. The number of esters is 1. The molecular formula is C13H19N3O3. The predicted octanol–water partition coefficient (Wildman–Crippen LogP) is 0.977. The summed E-state index contributed by atoms with van der Waals surface area (Å²) in [6.45, 7) is 3.72. The fourth-order valence-corrected chi connectivity index (χ4v) is 1.70. The standard InChI is InChI=1S/C13H19N3O3/c1-7(2)11(12(15)17)16-10-5-4-8(14)6-9(10)13(18)19-3/h4-7,11,16H,14H2,1-3H3,(H2,15,17). The van der Waals surface area contributed by atoms with E-state index in [0.29, 0.717) is 11.4 Å². The third-order valence-electron chi connectivity index (χ3n) is 2.73. The second-order valence-electron chi connectivity index (χ2n) is 4.56. The number of carbonyl (C=O) groups excluding carboxylic acids is 2. The van der Waals surface area contributed by atoms with Gasteiger partial charge in [0.2, 0.25) is 5.91 Å². The minimum Gasteiger partial charge on any atom is -0.465 e. The van der Waals surface area contributed by atoms with Crippen LogP contribution in [0.4, 0.5) is 11.4 Å². The van der Waals surface area contributed by atoms with Gasteiger partial charge in [0.05, 0.1) is 12.7 Å². The Balaban J connectivity index is 3.12. The van der Waals surface area contributed by atoms with Crippen molar-refractivity contribution in [2.75, 3.05) is 18.2 Å². The molecule has 1 unspecified atom stereocenters. The number of primary amides is 1. The van der Waals surface area contributed by atoms with E-state index in [2.05, 4.69) is 10.1 Å². The summed E-state index contributed by atoms with van der Waals surface area (Å²) in [6, 6.07) is 4.17. The van der Waals surface area contributed by atoms with Gasteiger partial charge in [-0.3, -0.25) is 4.79 Å². The number of hydrogen-bond donors (Lipinski definition) is 3. The number of benzene rings is 1. The molecule has 0 bridgehead atoms. The van der Waals surface area contributed by atoms with Gasteiger partial charge >= 0.3 is 5.97 Å². The summed E-state index contributed by atoms with van der Waals surface area (Å²) in [4.78, 5) is 23.1. The number of anilines is 2. The van der Waals surface area contributed by atoms with Gasteiger partial charge in [-0.15, -0.1) is 0 Å². The van der Waals surface area contributed by atoms with Gasteiger partial charge in [0.25, 0.3) is 0 Å². The van der Waals surface area contributed by atoms with E-state index in [4.69, 9.17) is 11.5 Å². The third-order valence-corrected chi connectivity index (χ3v) is 2.73. The van der Waals surface area contributed by atoms with Crippen LogP contribution in [0, 0.1) is 5.92 Å². The van der Waals surface area contributed by atoms with Gasteiger partial charge in [0.15, 0.2) is 0 Å². The quantitative estimate of drug-likeness (QED) is 0.543. The molecule has 0 radical (unpaired) electrons. The zero-order chi connectivity index (χ0) is 14.6. The summed E-state index contributed by atoms with van der Waals surface area (Å²) < 4.78 is 4.68. The molecule has 1 aromatic rings. The molecule has 0 aromatic heterocycles. The first-order valence-electron chi connectivity index (χ1n) is 5.90. The Morgan fingerprint density at radius 1 is 1.32 bits per heavy atom. The normalized spacial score (nSPS) is 12.0. The van der Waals surface area contributed by atoms with Crippen LogP contribution in [0.25, 0.3) is 0 Å². The van der Waals surface area contributed by atoms with Crippen LogP contribution >= 0.6 is 0 Å². The van der Waals surface area contributed by atoms with Crippen molar-refractivity contribution in [1.29, 1.82) is 0 Å². The van der Waals surface area contributed by atoms with Crippen LogP contribution in [0.15, 0.2) is 18.2 Å². The molecule has 1 amide bonds. The molecule has 1 rings (SSSR count). The Hall–Kier alpha value is -2.24. The zero-order valence-corrected chi connectivity index (χ0v) is 11.3. The molecule has 0 aliphatic carbocycles. The predicted molar refractivity (Wildman–Crippen MR) is 73.6 cm³/mol. The number of ether oxygens (including phenoxy) is 1. The maximum atomic E-state index is 11.7. The lowest BCUT2D eigenvalue weighted by Gasteiger charge is -2.21. The van der Waals surface area contributed by atoms with Crippen molar-refractivity contribution in [3.05, 3.63) is 23.8 Å². The maximum absolute atomic E-state index is 11.7. The lowest BCUT2D eigenvalue weighted by Crippen LogP contribution is -2.39. The second kappa shape index (κ2) is 6.08. The summed E-state index contributed by atoms with van der Waals surface area (Å²) >= 11 is 0. The molecular weight excluding hydrogens is 246 g/mol. The van der Waals surface area contributed by atoms with E-state index >= 15 is 0 Å². The van der Waals surface area contributed by atoms with Crippen LogP contribution in [-0.4, -0.2) is 25.0 Å². The van der Waals surface area contributed by atoms with E-state index in [1.54, 1.807) is 12.1 Å². The molecule has 19 heavy (non-hydrogen) atoms. The van der Waals surface area contributed by atoms with Gasteiger partial charge in [-0.05, 0) is 24.1 Å². The molecule has 104 valence electrons. The molecule has 6 heteroatoms. The lowest BCUT2D eigenvalue weighted by atomic mass is 10.0. The summed E-state index contributed by atoms with van der Waals surface area (Å²) in [5.74, 6) is -1.02. The molecule has 0 heterocycles. The first-order chi connectivity index (χ1) is 8.86. The van der Waals surface area contributed by atoms with Crippen LogP contribution in [0.2, 0.25) is 0 Å². The number of amides is 1. The highest BCUT2D eigenvalue weighted by molar-refractivity contribution is 5.97. The molecule has 0 aliphatic rings. The first-order valence-corrected chi connectivity index (χ1v) is 5.90. The van der Waals surface area contributed by atoms with Crippen LogP contribution in [0.1, 0.15) is 24.2 Å². The van der Waals surface area contributed by atoms with Gasteiger partial charge in [0, 0.05) is 11.4 Å². The van der Waals surface area contributed by atoms with Crippen LogP contribution in [0.5, 0.6) is 0 Å². The molecule has 0 aliphatic heterocycles. The molecule has 0 saturated carbocycles. The average Bonchev–Trinajstić information content (AvgIpc) is 2.35. The number of carbonyl (C=O) groups is 2. The van der Waals surface area contributed by atoms with E-state index in [0.717, 1.165) is 0 Å². The topological polar surface area (TPSA) is 107 Å². The Morgan fingerprint density at radius 2 is 1.95 bits per heavy atom. The van der Waals surface area contributed by atoms with E-state index in [1.165, 1.54) is 13.2 Å². The Labute approximate surface area is 112 Å². The highest BCUT2D eigenvalue weighted by Crippen LogP contribution is 2.22. The van der Waals surface area contributed by atoms with E-state index in [1.807, 2.05) is 13.8 Å². The van der Waals surface area contributed by atoms with Crippen LogP contribution < -0.4 is 16.8 Å². The van der Waals surface area contributed by atoms with Gasteiger partial charge in [-0.2, -0.15) is 0 Å². The summed E-state index contributed by atoms with van der Waals surface area (Å²) in [6.07, 6.45) is 0. The maximum Gasteiger partial charge on any atom is 0.340 e. The van der Waals surface area contributed by atoms with Crippen LogP contribution in [-0.2, 0) is 9.53 Å². The van der Waals surface area contributed by atoms with E-state index in [-0.39, 0.29) is 11.5 Å². The largest absolute Gasteiger partial charge is 0.465 e. The van der Waals surface area contributed by atoms with Gasteiger partial charge in [-0.1, -0.05) is 13.8 Å². The van der Waals surface area contributed by atoms with Gasteiger partial charge in [-0.25, -0.2) is 4.79 Å². The third kappa shape index (κ3) is 3.61. The summed E-state index contributed by atoms with van der Waals surface area (Å²) in [5, 5.41) is 2.96. The van der Waals surface area contributed by atoms with Crippen molar-refractivity contribution in [1.82, 2.24) is 0 Å². The second-order valence-corrected chi connectivity index (χ2v) is 4.56. The van der Waals surface area contributed by atoms with E-state index in [9.17, 15) is 9.59 Å². The van der Waals surface area contributed by atoms with Crippen molar-refractivity contribution in [3.8, 4) is 0 Å². The summed E-state index contributed by atoms with van der Waals surface area (Å²) in [5.41, 5.74) is 12.2. The SMILES string of the molecule is COC(=O)c1cc(N)ccc1NC(C(N)=O)C(C)C. The number of nitrogen functional groups attached to an aromatic ring is 1. The van der Waals surface area contributed by atoms with E-state index < -0.39 is 17.9 Å². The van der Waals surface area contributed by atoms with Crippen LogP contribution in [0.3, 0.4) is 0 Å². The minimum atomic E-state index is -0.577. The number of nitrogens with one attached hydrogen (secondary N) is 1. The van der Waals surface area contributed by atoms with Crippen molar-refractivity contribution in [3.63, 3.8) is 0 Å². The van der Waals surface area contributed by atoms with Crippen molar-refractivity contribution < 1.29 is 14.3 Å². The first kappa shape index (κ1) is 14.8. The number of methoxy groups -OCH3 is 1. The van der Waals surface area contributed by atoms with Crippen molar-refractivity contribution in [2.45, 2.75) is 19.9 Å². The van der Waals surface area contributed by atoms with Gasteiger partial charge in [0.1, 0.15) is 6.04 Å². The zero-order valence-electron chi connectivity index (χ0n) is 11.3.